The van der Waals surface area contributed by atoms with Crippen molar-refractivity contribution in [3.63, 3.8) is 0 Å². The maximum Gasteiger partial charge on any atom is 0.234 e. The summed E-state index contributed by atoms with van der Waals surface area (Å²) in [6.07, 6.45) is -0.209. The molecule has 6 heteroatoms. The van der Waals surface area contributed by atoms with Gasteiger partial charge in [0.05, 0.1) is 23.1 Å². The van der Waals surface area contributed by atoms with E-state index >= 15 is 0 Å². The van der Waals surface area contributed by atoms with Gasteiger partial charge in [-0.2, -0.15) is 0 Å². The molecule has 16 heavy (non-hydrogen) atoms. The van der Waals surface area contributed by atoms with E-state index in [-0.39, 0.29) is 28.9 Å². The fourth-order valence-corrected chi connectivity index (χ4v) is 1.75. The number of nitrogens with zero attached hydrogens (tertiary/aromatic N) is 1. The molecule has 2 rings (SSSR count). The molecule has 1 heterocycles. The Kier molecular flexibility index (Phi) is 2.75. The third-order valence-corrected chi connectivity index (χ3v) is 3.02. The van der Waals surface area contributed by atoms with Gasteiger partial charge >= 0.3 is 0 Å². The monoisotopic (exact) mass is 289 g/mol. The van der Waals surface area contributed by atoms with Gasteiger partial charge < -0.3 is 4.90 Å². The number of amides is 1. The van der Waals surface area contributed by atoms with Gasteiger partial charge in [-0.05, 0) is 28.1 Å². The second kappa shape index (κ2) is 3.93. The molecule has 84 valence electrons. The van der Waals surface area contributed by atoms with Gasteiger partial charge in [-0.15, -0.1) is 0 Å². The van der Waals surface area contributed by atoms with Crippen molar-refractivity contribution in [3.8, 4) is 0 Å². The molecule has 1 aromatic rings. The standard InChI is InChI=1S/C10H6BrF2NO2/c11-10-7(12)1-5(2-8(10)13)14-4-6(15)3-9(14)16/h1-2H,3-4H2. The van der Waals surface area contributed by atoms with E-state index in [2.05, 4.69) is 15.9 Å². The van der Waals surface area contributed by atoms with Crippen LogP contribution in [0.1, 0.15) is 6.42 Å². The van der Waals surface area contributed by atoms with Gasteiger partial charge in [0, 0.05) is 0 Å². The molecule has 1 saturated heterocycles. The lowest BCUT2D eigenvalue weighted by Gasteiger charge is -2.15. The third-order valence-electron chi connectivity index (χ3n) is 2.26. The van der Waals surface area contributed by atoms with Crippen LogP contribution in [0, 0.1) is 11.6 Å². The van der Waals surface area contributed by atoms with Crippen LogP contribution in [0.25, 0.3) is 0 Å². The van der Waals surface area contributed by atoms with Gasteiger partial charge in [-0.3, -0.25) is 9.59 Å². The van der Waals surface area contributed by atoms with Gasteiger partial charge in [0.1, 0.15) is 11.6 Å². The summed E-state index contributed by atoms with van der Waals surface area (Å²) < 4.78 is 26.1. The lowest BCUT2D eigenvalue weighted by atomic mass is 10.3. The van der Waals surface area contributed by atoms with Crippen molar-refractivity contribution in [1.82, 2.24) is 0 Å². The summed E-state index contributed by atoms with van der Waals surface area (Å²) in [6.45, 7) is -0.126. The lowest BCUT2D eigenvalue weighted by molar-refractivity contribution is -0.121. The van der Waals surface area contributed by atoms with E-state index in [4.69, 9.17) is 0 Å². The molecule has 0 atom stereocenters. The Hall–Kier alpha value is -1.30. The van der Waals surface area contributed by atoms with Gasteiger partial charge in [-0.25, -0.2) is 8.78 Å². The van der Waals surface area contributed by atoms with Crippen LogP contribution in [-0.2, 0) is 9.59 Å². The second-order valence-electron chi connectivity index (χ2n) is 3.42. The highest BCUT2D eigenvalue weighted by molar-refractivity contribution is 9.10. The minimum absolute atomic E-state index is 0.0639. The van der Waals surface area contributed by atoms with Crippen LogP contribution >= 0.6 is 15.9 Å². The van der Waals surface area contributed by atoms with E-state index in [1.54, 1.807) is 0 Å². The van der Waals surface area contributed by atoms with E-state index in [0.717, 1.165) is 17.0 Å². The highest BCUT2D eigenvalue weighted by atomic mass is 79.9. The van der Waals surface area contributed by atoms with Crippen LogP contribution < -0.4 is 4.90 Å². The Balaban J connectivity index is 2.42. The normalized spacial score (nSPS) is 16.1. The molecule has 0 spiro atoms. The van der Waals surface area contributed by atoms with E-state index in [1.807, 2.05) is 0 Å². The molecule has 0 N–H and O–H groups in total. The SMILES string of the molecule is O=C1CC(=O)N(c2cc(F)c(Br)c(F)c2)C1. The Morgan fingerprint density at radius 2 is 1.75 bits per heavy atom. The predicted molar refractivity (Wildman–Crippen MR) is 56.0 cm³/mol. The quantitative estimate of drug-likeness (QED) is 0.586. The predicted octanol–water partition coefficient (Wildman–Crippen LogP) is 2.03. The van der Waals surface area contributed by atoms with Crippen molar-refractivity contribution in [2.75, 3.05) is 11.4 Å². The number of carbonyl (C=O) groups is 2. The first-order valence-corrected chi connectivity index (χ1v) is 5.25. The number of rotatable bonds is 1. The summed E-state index contributed by atoms with van der Waals surface area (Å²) >= 11 is 2.73. The zero-order valence-electron chi connectivity index (χ0n) is 7.97. The second-order valence-corrected chi connectivity index (χ2v) is 4.21. The van der Waals surface area contributed by atoms with Crippen molar-refractivity contribution >= 4 is 33.3 Å². The fraction of sp³-hybridized carbons (Fsp3) is 0.200. The number of benzene rings is 1. The number of hydrogen-bond acceptors (Lipinski definition) is 2. The van der Waals surface area contributed by atoms with E-state index in [1.165, 1.54) is 0 Å². The minimum atomic E-state index is -0.804. The highest BCUT2D eigenvalue weighted by Gasteiger charge is 2.29. The van der Waals surface area contributed by atoms with Gasteiger partial charge in [-0.1, -0.05) is 0 Å². The molecule has 0 unspecified atom stereocenters. The van der Waals surface area contributed by atoms with Crippen LogP contribution in [0.15, 0.2) is 16.6 Å². The van der Waals surface area contributed by atoms with Gasteiger partial charge in [0.25, 0.3) is 0 Å². The molecule has 1 aliphatic heterocycles. The molecule has 0 aromatic heterocycles. The summed E-state index contributed by atoms with van der Waals surface area (Å²) in [6, 6.07) is 2.04. The molecule has 3 nitrogen and oxygen atoms in total. The fourth-order valence-electron chi connectivity index (χ4n) is 1.52. The molecule has 0 bridgehead atoms. The summed E-state index contributed by atoms with van der Waals surface area (Å²) in [7, 11) is 0. The zero-order chi connectivity index (χ0) is 11.9. The topological polar surface area (TPSA) is 37.4 Å². The van der Waals surface area contributed by atoms with Crippen molar-refractivity contribution in [2.24, 2.45) is 0 Å². The summed E-state index contributed by atoms with van der Waals surface area (Å²) in [4.78, 5) is 23.4. The average Bonchev–Trinajstić information content (AvgIpc) is 2.53. The molecule has 1 aromatic carbocycles. The number of ketones is 1. The number of hydrogen-bond donors (Lipinski definition) is 0. The Bertz CT molecular complexity index is 467. The van der Waals surface area contributed by atoms with Crippen molar-refractivity contribution in [1.29, 1.82) is 0 Å². The van der Waals surface area contributed by atoms with Crippen LogP contribution in [0.2, 0.25) is 0 Å². The molecule has 1 aliphatic rings. The molecular formula is C10H6BrF2NO2. The first-order chi connectivity index (χ1) is 7.49. The van der Waals surface area contributed by atoms with Crippen LogP contribution in [-0.4, -0.2) is 18.2 Å². The van der Waals surface area contributed by atoms with Crippen molar-refractivity contribution in [3.05, 3.63) is 28.2 Å². The minimum Gasteiger partial charge on any atom is -0.304 e. The lowest BCUT2D eigenvalue weighted by Crippen LogP contribution is -2.24. The summed E-state index contributed by atoms with van der Waals surface area (Å²) in [5, 5.41) is 0. The maximum absolute atomic E-state index is 13.2. The first-order valence-electron chi connectivity index (χ1n) is 4.45. The van der Waals surface area contributed by atoms with Crippen molar-refractivity contribution in [2.45, 2.75) is 6.42 Å². The Labute approximate surface area is 98.2 Å². The van der Waals surface area contributed by atoms with Crippen LogP contribution in [0.3, 0.4) is 0 Å². The molecule has 0 radical (unpaired) electrons. The molecule has 0 saturated carbocycles. The number of Topliss-reactive ketones (excluding diaryl/α,β-unsaturated/α-hetero) is 1. The number of halogens is 3. The zero-order valence-corrected chi connectivity index (χ0v) is 9.55. The average molecular weight is 290 g/mol. The smallest absolute Gasteiger partial charge is 0.234 e. The molecular weight excluding hydrogens is 284 g/mol. The molecule has 0 aliphatic carbocycles. The van der Waals surface area contributed by atoms with E-state index < -0.39 is 17.5 Å². The van der Waals surface area contributed by atoms with Gasteiger partial charge in [0.15, 0.2) is 5.78 Å². The Morgan fingerprint density at radius 3 is 2.19 bits per heavy atom. The third kappa shape index (κ3) is 1.84. The van der Waals surface area contributed by atoms with Gasteiger partial charge in [0.2, 0.25) is 5.91 Å². The van der Waals surface area contributed by atoms with Crippen LogP contribution in [0.4, 0.5) is 14.5 Å². The van der Waals surface area contributed by atoms with E-state index in [9.17, 15) is 18.4 Å². The largest absolute Gasteiger partial charge is 0.304 e. The first kappa shape index (κ1) is 11.2. The van der Waals surface area contributed by atoms with Crippen LogP contribution in [0.5, 0.6) is 0 Å². The summed E-state index contributed by atoms with van der Waals surface area (Å²) in [5.41, 5.74) is 0.0639. The molecule has 1 fully saturated rings. The Morgan fingerprint density at radius 1 is 1.19 bits per heavy atom. The number of anilines is 1. The van der Waals surface area contributed by atoms with E-state index in [0.29, 0.717) is 0 Å². The van der Waals surface area contributed by atoms with Crippen molar-refractivity contribution < 1.29 is 18.4 Å². The highest BCUT2D eigenvalue weighted by Crippen LogP contribution is 2.27. The maximum atomic E-state index is 13.2. The summed E-state index contributed by atoms with van der Waals surface area (Å²) in [5.74, 6) is -2.30. The number of carbonyl (C=O) groups excluding carboxylic acids is 2. The molecule has 1 amide bonds.